The van der Waals surface area contributed by atoms with E-state index in [0.29, 0.717) is 5.76 Å². The minimum atomic E-state index is -0.180. The molecule has 3 heteroatoms. The van der Waals surface area contributed by atoms with Crippen molar-refractivity contribution in [3.05, 3.63) is 72.2 Å². The minimum absolute atomic E-state index is 0.180. The van der Waals surface area contributed by atoms with Gasteiger partial charge in [-0.1, -0.05) is 36.4 Å². The highest BCUT2D eigenvalue weighted by Gasteiger charge is 2.03. The van der Waals surface area contributed by atoms with Gasteiger partial charge in [-0.2, -0.15) is 0 Å². The molecule has 0 aliphatic carbocycles. The molecule has 0 atom stereocenters. The summed E-state index contributed by atoms with van der Waals surface area (Å²) in [5, 5.41) is 5.02. The van der Waals surface area contributed by atoms with Crippen LogP contribution in [0.1, 0.15) is 11.5 Å². The molecule has 0 bridgehead atoms. The smallest absolute Gasteiger partial charge is 0.248 e. The lowest BCUT2D eigenvalue weighted by Gasteiger charge is -2.06. The zero-order valence-electron chi connectivity index (χ0n) is 11.7. The Morgan fingerprint density at radius 1 is 1.05 bits per heavy atom. The van der Waals surface area contributed by atoms with Crippen LogP contribution in [-0.2, 0) is 4.79 Å². The van der Waals surface area contributed by atoms with Crippen LogP contribution in [0.2, 0.25) is 0 Å². The Labute approximate surface area is 122 Å². The van der Waals surface area contributed by atoms with Gasteiger partial charge in [0.05, 0.1) is 0 Å². The van der Waals surface area contributed by atoms with Crippen molar-refractivity contribution in [3.8, 4) is 0 Å². The van der Waals surface area contributed by atoms with Gasteiger partial charge in [-0.05, 0) is 36.6 Å². The van der Waals surface area contributed by atoms with E-state index in [1.165, 1.54) is 6.08 Å². The predicted molar refractivity (Wildman–Crippen MR) is 85.1 cm³/mol. The van der Waals surface area contributed by atoms with Crippen molar-refractivity contribution >= 4 is 28.4 Å². The second-order valence-corrected chi connectivity index (χ2v) is 4.80. The largest absolute Gasteiger partial charge is 0.462 e. The highest BCUT2D eigenvalue weighted by molar-refractivity contribution is 6.07. The summed E-state index contributed by atoms with van der Waals surface area (Å²) < 4.78 is 5.39. The summed E-state index contributed by atoms with van der Waals surface area (Å²) in [7, 11) is 0. The number of carbonyl (C=O) groups excluding carboxylic acids is 1. The number of fused-ring (bicyclic) bond motifs is 1. The lowest BCUT2D eigenvalue weighted by molar-refractivity contribution is -0.111. The standard InChI is InChI=1S/C18H15NO2/c1-13-9-10-15(21-13)11-12-18(20)19-17-8-4-6-14-5-2-3-7-16(14)17/h2-12H,1H3,(H,19,20)/b12-11+. The lowest BCUT2D eigenvalue weighted by Crippen LogP contribution is -2.07. The molecule has 3 nitrogen and oxygen atoms in total. The molecule has 0 radical (unpaired) electrons. The summed E-state index contributed by atoms with van der Waals surface area (Å²) in [6.45, 7) is 1.87. The number of nitrogens with one attached hydrogen (secondary N) is 1. The Kier molecular flexibility index (Phi) is 3.56. The molecule has 1 aromatic heterocycles. The van der Waals surface area contributed by atoms with Crippen LogP contribution in [0, 0.1) is 6.92 Å². The Morgan fingerprint density at radius 2 is 1.86 bits per heavy atom. The van der Waals surface area contributed by atoms with Gasteiger partial charge in [-0.3, -0.25) is 4.79 Å². The fraction of sp³-hybridized carbons (Fsp3) is 0.0556. The quantitative estimate of drug-likeness (QED) is 0.721. The average Bonchev–Trinajstić information content (AvgIpc) is 2.91. The van der Waals surface area contributed by atoms with Gasteiger partial charge in [0.2, 0.25) is 5.91 Å². The molecule has 2 aromatic carbocycles. The van der Waals surface area contributed by atoms with Crippen LogP contribution < -0.4 is 5.32 Å². The zero-order chi connectivity index (χ0) is 14.7. The molecule has 0 saturated heterocycles. The van der Waals surface area contributed by atoms with Gasteiger partial charge < -0.3 is 9.73 Å². The van der Waals surface area contributed by atoms with E-state index >= 15 is 0 Å². The van der Waals surface area contributed by atoms with E-state index in [4.69, 9.17) is 4.42 Å². The first-order valence-electron chi connectivity index (χ1n) is 6.76. The number of aryl methyl sites for hydroxylation is 1. The second kappa shape index (κ2) is 5.67. The van der Waals surface area contributed by atoms with E-state index in [0.717, 1.165) is 22.2 Å². The monoisotopic (exact) mass is 277 g/mol. The molecule has 3 rings (SSSR count). The number of hydrogen-bond acceptors (Lipinski definition) is 2. The fourth-order valence-corrected chi connectivity index (χ4v) is 2.21. The summed E-state index contributed by atoms with van der Waals surface area (Å²) in [5.41, 5.74) is 0.804. The third-order valence-corrected chi connectivity index (χ3v) is 3.21. The van der Waals surface area contributed by atoms with Crippen molar-refractivity contribution < 1.29 is 9.21 Å². The minimum Gasteiger partial charge on any atom is -0.462 e. The highest BCUT2D eigenvalue weighted by atomic mass is 16.3. The van der Waals surface area contributed by atoms with Gasteiger partial charge in [-0.25, -0.2) is 0 Å². The first-order chi connectivity index (χ1) is 10.2. The number of anilines is 1. The molecule has 0 fully saturated rings. The second-order valence-electron chi connectivity index (χ2n) is 4.80. The van der Waals surface area contributed by atoms with Crippen molar-refractivity contribution in [3.63, 3.8) is 0 Å². The molecule has 104 valence electrons. The molecule has 1 N–H and O–H groups in total. The summed E-state index contributed by atoms with van der Waals surface area (Å²) >= 11 is 0. The molecule has 0 spiro atoms. The van der Waals surface area contributed by atoms with E-state index in [2.05, 4.69) is 5.32 Å². The van der Waals surface area contributed by atoms with E-state index in [9.17, 15) is 4.79 Å². The van der Waals surface area contributed by atoms with Crippen LogP contribution in [0.5, 0.6) is 0 Å². The summed E-state index contributed by atoms with van der Waals surface area (Å²) in [6.07, 6.45) is 3.13. The van der Waals surface area contributed by atoms with Gasteiger partial charge in [0.15, 0.2) is 0 Å². The van der Waals surface area contributed by atoms with E-state index in [1.807, 2.05) is 61.5 Å². The Balaban J connectivity index is 1.79. The van der Waals surface area contributed by atoms with Crippen molar-refractivity contribution in [1.82, 2.24) is 0 Å². The third kappa shape index (κ3) is 3.03. The van der Waals surface area contributed by atoms with Crippen LogP contribution in [0.4, 0.5) is 5.69 Å². The highest BCUT2D eigenvalue weighted by Crippen LogP contribution is 2.22. The Hall–Kier alpha value is -2.81. The molecule has 0 aliphatic rings. The van der Waals surface area contributed by atoms with Crippen LogP contribution in [-0.4, -0.2) is 5.91 Å². The molecule has 0 aliphatic heterocycles. The van der Waals surface area contributed by atoms with Gasteiger partial charge in [0.1, 0.15) is 11.5 Å². The Bertz CT molecular complexity index is 809. The molecule has 0 saturated carbocycles. The topological polar surface area (TPSA) is 42.2 Å². The first-order valence-corrected chi connectivity index (χ1v) is 6.76. The summed E-state index contributed by atoms with van der Waals surface area (Å²) in [6, 6.07) is 17.5. The Morgan fingerprint density at radius 3 is 2.67 bits per heavy atom. The maximum Gasteiger partial charge on any atom is 0.248 e. The summed E-state index contributed by atoms with van der Waals surface area (Å²) in [5.74, 6) is 1.31. The van der Waals surface area contributed by atoms with Crippen molar-refractivity contribution in [2.24, 2.45) is 0 Å². The van der Waals surface area contributed by atoms with Gasteiger partial charge >= 0.3 is 0 Å². The van der Waals surface area contributed by atoms with Gasteiger partial charge in [0.25, 0.3) is 0 Å². The van der Waals surface area contributed by atoms with Crippen LogP contribution in [0.15, 0.2) is 65.1 Å². The van der Waals surface area contributed by atoms with E-state index < -0.39 is 0 Å². The number of furan rings is 1. The molecule has 0 unspecified atom stereocenters. The number of hydrogen-bond donors (Lipinski definition) is 1. The number of benzene rings is 2. The van der Waals surface area contributed by atoms with Gasteiger partial charge in [-0.15, -0.1) is 0 Å². The SMILES string of the molecule is Cc1ccc(/C=C/C(=O)Nc2cccc3ccccc23)o1. The van der Waals surface area contributed by atoms with Crippen molar-refractivity contribution in [2.45, 2.75) is 6.92 Å². The zero-order valence-corrected chi connectivity index (χ0v) is 11.7. The van der Waals surface area contributed by atoms with Crippen molar-refractivity contribution in [1.29, 1.82) is 0 Å². The van der Waals surface area contributed by atoms with Gasteiger partial charge in [0, 0.05) is 17.1 Å². The number of rotatable bonds is 3. The molecular weight excluding hydrogens is 262 g/mol. The normalized spacial score (nSPS) is 11.1. The molecule has 1 heterocycles. The average molecular weight is 277 g/mol. The van der Waals surface area contributed by atoms with E-state index in [1.54, 1.807) is 6.08 Å². The van der Waals surface area contributed by atoms with Crippen LogP contribution >= 0.6 is 0 Å². The fourth-order valence-electron chi connectivity index (χ4n) is 2.21. The molecule has 1 amide bonds. The molecular formula is C18H15NO2. The maximum atomic E-state index is 12.0. The third-order valence-electron chi connectivity index (χ3n) is 3.21. The van der Waals surface area contributed by atoms with Crippen LogP contribution in [0.25, 0.3) is 16.8 Å². The summed E-state index contributed by atoms with van der Waals surface area (Å²) in [4.78, 5) is 12.0. The molecule has 3 aromatic rings. The van der Waals surface area contributed by atoms with E-state index in [-0.39, 0.29) is 5.91 Å². The van der Waals surface area contributed by atoms with Crippen LogP contribution in [0.3, 0.4) is 0 Å². The maximum absolute atomic E-state index is 12.0. The first kappa shape index (κ1) is 13.2. The number of carbonyl (C=O) groups is 1. The predicted octanol–water partition coefficient (Wildman–Crippen LogP) is 4.39. The van der Waals surface area contributed by atoms with Crippen molar-refractivity contribution in [2.75, 3.05) is 5.32 Å². The number of amides is 1. The lowest BCUT2D eigenvalue weighted by atomic mass is 10.1. The molecule has 21 heavy (non-hydrogen) atoms.